The summed E-state index contributed by atoms with van der Waals surface area (Å²) in [7, 11) is -3.00. The Morgan fingerprint density at radius 2 is 1.85 bits per heavy atom. The molecule has 1 unspecified atom stereocenters. The summed E-state index contributed by atoms with van der Waals surface area (Å²) in [5.41, 5.74) is 0. The highest BCUT2D eigenvalue weighted by Crippen LogP contribution is 2.32. The Hall–Kier alpha value is -0.570. The summed E-state index contributed by atoms with van der Waals surface area (Å²) < 4.78 is 30.8. The van der Waals surface area contributed by atoms with Gasteiger partial charge in [0.25, 0.3) is 0 Å². The SMILES string of the molecule is COCC(NS(=O)(=O)c1c(Cl)cc(Cl)cc1Cl)C(=O)O. The first-order valence-corrected chi connectivity index (χ1v) is 7.69. The summed E-state index contributed by atoms with van der Waals surface area (Å²) in [5, 5.41) is 8.64. The Morgan fingerprint density at radius 1 is 1.35 bits per heavy atom. The number of hydrogen-bond donors (Lipinski definition) is 2. The second-order valence-electron chi connectivity index (χ2n) is 3.67. The van der Waals surface area contributed by atoms with Crippen LogP contribution in [0.4, 0.5) is 0 Å². The monoisotopic (exact) mass is 361 g/mol. The zero-order chi connectivity index (χ0) is 15.5. The van der Waals surface area contributed by atoms with Gasteiger partial charge in [-0.2, -0.15) is 4.72 Å². The van der Waals surface area contributed by atoms with E-state index in [1.54, 1.807) is 0 Å². The topological polar surface area (TPSA) is 92.7 Å². The Bertz CT molecular complexity index is 596. The van der Waals surface area contributed by atoms with Crippen LogP contribution < -0.4 is 4.72 Å². The molecule has 6 nitrogen and oxygen atoms in total. The largest absolute Gasteiger partial charge is 0.480 e. The molecule has 1 rings (SSSR count). The second kappa shape index (κ2) is 6.93. The lowest BCUT2D eigenvalue weighted by Crippen LogP contribution is -2.43. The van der Waals surface area contributed by atoms with E-state index in [9.17, 15) is 13.2 Å². The van der Waals surface area contributed by atoms with Gasteiger partial charge in [0.1, 0.15) is 10.9 Å². The number of sulfonamides is 1. The molecule has 1 atom stereocenters. The fraction of sp³-hybridized carbons (Fsp3) is 0.300. The third-order valence-corrected chi connectivity index (χ3v) is 4.77. The number of benzene rings is 1. The number of halogens is 3. The molecule has 1 aromatic carbocycles. The number of carbonyl (C=O) groups is 1. The summed E-state index contributed by atoms with van der Waals surface area (Å²) >= 11 is 17.3. The van der Waals surface area contributed by atoms with Crippen molar-refractivity contribution in [1.29, 1.82) is 0 Å². The number of rotatable bonds is 6. The van der Waals surface area contributed by atoms with Gasteiger partial charge in [0.05, 0.1) is 16.7 Å². The first-order valence-electron chi connectivity index (χ1n) is 5.07. The fourth-order valence-electron chi connectivity index (χ4n) is 1.35. The van der Waals surface area contributed by atoms with Gasteiger partial charge in [-0.25, -0.2) is 8.42 Å². The molecule has 1 aromatic rings. The minimum absolute atomic E-state index is 0.158. The summed E-state index contributed by atoms with van der Waals surface area (Å²) in [6.45, 7) is -0.350. The number of carboxylic acids is 1. The van der Waals surface area contributed by atoms with E-state index >= 15 is 0 Å². The molecule has 0 spiro atoms. The van der Waals surface area contributed by atoms with Crippen LogP contribution in [-0.4, -0.2) is 39.3 Å². The third kappa shape index (κ3) is 4.21. The number of aliphatic carboxylic acids is 1. The molecule has 0 bridgehead atoms. The van der Waals surface area contributed by atoms with Crippen molar-refractivity contribution in [3.8, 4) is 0 Å². The van der Waals surface area contributed by atoms with Gasteiger partial charge in [-0.05, 0) is 12.1 Å². The molecule has 112 valence electrons. The van der Waals surface area contributed by atoms with Gasteiger partial charge in [0.15, 0.2) is 0 Å². The van der Waals surface area contributed by atoms with Gasteiger partial charge in [-0.15, -0.1) is 0 Å². The zero-order valence-corrected chi connectivity index (χ0v) is 13.1. The molecule has 0 aromatic heterocycles. The Labute approximate surface area is 130 Å². The van der Waals surface area contributed by atoms with Crippen LogP contribution >= 0.6 is 34.8 Å². The first kappa shape index (κ1) is 17.5. The predicted molar refractivity (Wildman–Crippen MR) is 75.1 cm³/mol. The van der Waals surface area contributed by atoms with Crippen molar-refractivity contribution in [3.05, 3.63) is 27.2 Å². The van der Waals surface area contributed by atoms with Crippen molar-refractivity contribution >= 4 is 50.8 Å². The summed E-state index contributed by atoms with van der Waals surface area (Å²) in [5.74, 6) is -1.39. The van der Waals surface area contributed by atoms with Crippen molar-refractivity contribution in [3.63, 3.8) is 0 Å². The van der Waals surface area contributed by atoms with Gasteiger partial charge in [0.2, 0.25) is 10.0 Å². The quantitative estimate of drug-likeness (QED) is 0.807. The van der Waals surface area contributed by atoms with Crippen LogP contribution in [0.2, 0.25) is 15.1 Å². The fourth-order valence-corrected chi connectivity index (χ4v) is 4.07. The molecule has 0 radical (unpaired) electrons. The van der Waals surface area contributed by atoms with E-state index < -0.39 is 26.9 Å². The molecule has 0 saturated heterocycles. The van der Waals surface area contributed by atoms with Gasteiger partial charge in [0, 0.05) is 12.1 Å². The van der Waals surface area contributed by atoms with Gasteiger partial charge >= 0.3 is 5.97 Å². The van der Waals surface area contributed by atoms with Crippen molar-refractivity contribution in [2.75, 3.05) is 13.7 Å². The van der Waals surface area contributed by atoms with E-state index in [1.807, 2.05) is 4.72 Å². The summed E-state index contributed by atoms with van der Waals surface area (Å²) in [4.78, 5) is 10.5. The van der Waals surface area contributed by atoms with Crippen LogP contribution in [-0.2, 0) is 19.6 Å². The standard InChI is InChI=1S/C10H10Cl3NO5S/c1-19-4-8(10(15)16)14-20(17,18)9-6(12)2-5(11)3-7(9)13/h2-3,8,14H,4H2,1H3,(H,15,16). The van der Waals surface area contributed by atoms with Crippen LogP contribution in [0.15, 0.2) is 17.0 Å². The minimum atomic E-state index is -4.24. The van der Waals surface area contributed by atoms with Gasteiger partial charge in [-0.1, -0.05) is 34.8 Å². The Kier molecular flexibility index (Phi) is 6.06. The lowest BCUT2D eigenvalue weighted by molar-refractivity contribution is -0.140. The zero-order valence-electron chi connectivity index (χ0n) is 10.1. The number of nitrogens with one attached hydrogen (secondary N) is 1. The van der Waals surface area contributed by atoms with E-state index in [2.05, 4.69) is 4.74 Å². The maximum absolute atomic E-state index is 12.1. The molecule has 0 saturated carbocycles. The number of carboxylic acid groups (broad SMARTS) is 1. The molecule has 0 fully saturated rings. The van der Waals surface area contributed by atoms with Crippen LogP contribution in [0.5, 0.6) is 0 Å². The second-order valence-corrected chi connectivity index (χ2v) is 6.57. The highest BCUT2D eigenvalue weighted by molar-refractivity contribution is 7.89. The van der Waals surface area contributed by atoms with Crippen molar-refractivity contribution in [2.24, 2.45) is 0 Å². The molecule has 0 aliphatic carbocycles. The molecule has 0 heterocycles. The van der Waals surface area contributed by atoms with E-state index in [0.29, 0.717) is 0 Å². The summed E-state index contributed by atoms with van der Waals surface area (Å²) in [6.07, 6.45) is 0. The average Bonchev–Trinajstić information content (AvgIpc) is 2.25. The average molecular weight is 363 g/mol. The van der Waals surface area contributed by atoms with E-state index in [1.165, 1.54) is 19.2 Å². The molecule has 0 aliphatic heterocycles. The predicted octanol–water partition coefficient (Wildman–Crippen LogP) is 2.02. The lowest BCUT2D eigenvalue weighted by Gasteiger charge is -2.15. The van der Waals surface area contributed by atoms with Gasteiger partial charge in [-0.3, -0.25) is 4.79 Å². The lowest BCUT2D eigenvalue weighted by atomic mass is 10.3. The molecular weight excluding hydrogens is 353 g/mol. The number of methoxy groups -OCH3 is 1. The van der Waals surface area contributed by atoms with Crippen LogP contribution in [0.3, 0.4) is 0 Å². The first-order chi connectivity index (χ1) is 9.19. The van der Waals surface area contributed by atoms with Crippen molar-refractivity contribution in [2.45, 2.75) is 10.9 Å². The molecule has 2 N–H and O–H groups in total. The highest BCUT2D eigenvalue weighted by atomic mass is 35.5. The number of ether oxygens (including phenoxy) is 1. The molecule has 0 aliphatic rings. The van der Waals surface area contributed by atoms with Crippen LogP contribution in [0, 0.1) is 0 Å². The Morgan fingerprint density at radius 3 is 2.25 bits per heavy atom. The Balaban J connectivity index is 3.20. The van der Waals surface area contributed by atoms with Gasteiger partial charge < -0.3 is 9.84 Å². The number of hydrogen-bond acceptors (Lipinski definition) is 4. The van der Waals surface area contributed by atoms with E-state index in [-0.39, 0.29) is 21.7 Å². The smallest absolute Gasteiger partial charge is 0.324 e. The minimum Gasteiger partial charge on any atom is -0.480 e. The van der Waals surface area contributed by atoms with E-state index in [4.69, 9.17) is 39.9 Å². The maximum atomic E-state index is 12.1. The van der Waals surface area contributed by atoms with Crippen molar-refractivity contribution in [1.82, 2.24) is 4.72 Å². The highest BCUT2D eigenvalue weighted by Gasteiger charge is 2.29. The molecular formula is C10H10Cl3NO5S. The summed E-state index contributed by atoms with van der Waals surface area (Å²) in [6, 6.07) is 0.915. The van der Waals surface area contributed by atoms with E-state index in [0.717, 1.165) is 0 Å². The van der Waals surface area contributed by atoms with Crippen LogP contribution in [0.25, 0.3) is 0 Å². The van der Waals surface area contributed by atoms with Crippen molar-refractivity contribution < 1.29 is 23.1 Å². The molecule has 20 heavy (non-hydrogen) atoms. The third-order valence-electron chi connectivity index (χ3n) is 2.16. The molecule has 10 heteroatoms. The maximum Gasteiger partial charge on any atom is 0.324 e. The molecule has 0 amide bonds. The van der Waals surface area contributed by atoms with Crippen LogP contribution in [0.1, 0.15) is 0 Å². The normalized spacial score (nSPS) is 13.2.